The first-order chi connectivity index (χ1) is 12.0. The van der Waals surface area contributed by atoms with E-state index < -0.39 is 10.0 Å². The predicted molar refractivity (Wildman–Crippen MR) is 98.4 cm³/mol. The molecule has 10 heteroatoms. The third kappa shape index (κ3) is 4.46. The zero-order valence-electron chi connectivity index (χ0n) is 13.2. The number of aromatic nitrogens is 2. The van der Waals surface area contributed by atoms with Crippen molar-refractivity contribution in [2.24, 2.45) is 0 Å². The molecule has 0 radical (unpaired) electrons. The van der Waals surface area contributed by atoms with Gasteiger partial charge < -0.3 is 15.7 Å². The third-order valence-corrected chi connectivity index (χ3v) is 5.77. The van der Waals surface area contributed by atoms with Crippen LogP contribution < -0.4 is 15.4 Å². The Hall–Kier alpha value is -1.75. The molecule has 1 aliphatic rings. The molecule has 0 aliphatic carbocycles. The first-order valence-corrected chi connectivity index (χ1v) is 10.0. The van der Waals surface area contributed by atoms with Crippen molar-refractivity contribution in [2.45, 2.75) is 23.8 Å². The van der Waals surface area contributed by atoms with Crippen LogP contribution in [0.25, 0.3) is 0 Å². The van der Waals surface area contributed by atoms with Crippen LogP contribution in [0.5, 0.6) is 0 Å². The molecule has 1 aliphatic heterocycles. The van der Waals surface area contributed by atoms with Crippen molar-refractivity contribution in [3.63, 3.8) is 0 Å². The van der Waals surface area contributed by atoms with Crippen LogP contribution in [0.4, 0.5) is 17.5 Å². The summed E-state index contributed by atoms with van der Waals surface area (Å²) >= 11 is 3.39. The lowest BCUT2D eigenvalue weighted by Crippen LogP contribution is -2.29. The third-order valence-electron chi connectivity index (χ3n) is 3.73. The fourth-order valence-corrected chi connectivity index (χ4v) is 3.86. The second-order valence-corrected chi connectivity index (χ2v) is 8.23. The van der Waals surface area contributed by atoms with Crippen molar-refractivity contribution in [1.82, 2.24) is 14.7 Å². The highest BCUT2D eigenvalue weighted by Gasteiger charge is 2.17. The first-order valence-electron chi connectivity index (χ1n) is 7.74. The Labute approximate surface area is 154 Å². The van der Waals surface area contributed by atoms with Crippen LogP contribution in [-0.4, -0.2) is 42.7 Å². The molecule has 1 aromatic heterocycles. The van der Waals surface area contributed by atoms with Gasteiger partial charge in [0.15, 0.2) is 0 Å². The summed E-state index contributed by atoms with van der Waals surface area (Å²) in [7, 11) is -3.59. The van der Waals surface area contributed by atoms with Crippen molar-refractivity contribution >= 4 is 43.4 Å². The summed E-state index contributed by atoms with van der Waals surface area (Å²) in [6.07, 6.45) is 2.75. The van der Waals surface area contributed by atoms with E-state index >= 15 is 0 Å². The fourth-order valence-electron chi connectivity index (χ4n) is 2.44. The summed E-state index contributed by atoms with van der Waals surface area (Å²) in [5.41, 5.74) is 0.562. The van der Waals surface area contributed by atoms with Crippen LogP contribution in [-0.2, 0) is 10.0 Å². The number of hydrogen-bond donors (Lipinski definition) is 4. The van der Waals surface area contributed by atoms with Crippen LogP contribution in [0.15, 0.2) is 39.8 Å². The molecule has 4 N–H and O–H groups in total. The fraction of sp³-hybridized carbons (Fsp3) is 0.333. The summed E-state index contributed by atoms with van der Waals surface area (Å²) in [6.45, 7) is 0.194. The lowest BCUT2D eigenvalue weighted by Gasteiger charge is -2.19. The number of hydrogen-bond acceptors (Lipinski definition) is 7. The maximum absolute atomic E-state index is 12.4. The summed E-state index contributed by atoms with van der Waals surface area (Å²) in [4.78, 5) is 8.74. The van der Waals surface area contributed by atoms with E-state index in [9.17, 15) is 13.5 Å². The van der Waals surface area contributed by atoms with Crippen molar-refractivity contribution in [3.05, 3.63) is 34.9 Å². The molecule has 2 aromatic rings. The van der Waals surface area contributed by atoms with E-state index in [2.05, 4.69) is 41.3 Å². The molecule has 8 nitrogen and oxygen atoms in total. The lowest BCUT2D eigenvalue weighted by molar-refractivity contribution is 0.267. The highest BCUT2D eigenvalue weighted by molar-refractivity contribution is 9.10. The van der Waals surface area contributed by atoms with Gasteiger partial charge >= 0.3 is 0 Å². The van der Waals surface area contributed by atoms with Gasteiger partial charge in [-0.1, -0.05) is 6.07 Å². The van der Waals surface area contributed by atoms with E-state index in [-0.39, 0.29) is 24.1 Å². The smallest absolute Gasteiger partial charge is 0.240 e. The second kappa shape index (κ2) is 7.65. The average molecular weight is 428 g/mol. The van der Waals surface area contributed by atoms with Gasteiger partial charge in [-0.05, 0) is 47.0 Å². The van der Waals surface area contributed by atoms with Gasteiger partial charge in [0.05, 0.1) is 22.0 Å². The molecule has 2 heterocycles. The molecule has 4 bridgehead atoms. The van der Waals surface area contributed by atoms with Gasteiger partial charge in [0.2, 0.25) is 16.0 Å². The number of halogens is 1. The van der Waals surface area contributed by atoms with Crippen LogP contribution in [0.3, 0.4) is 0 Å². The highest BCUT2D eigenvalue weighted by atomic mass is 79.9. The van der Waals surface area contributed by atoms with E-state index in [1.54, 1.807) is 18.3 Å². The number of nitrogens with zero attached hydrogens (tertiary/aromatic N) is 2. The van der Waals surface area contributed by atoms with Gasteiger partial charge in [0.1, 0.15) is 5.82 Å². The zero-order chi connectivity index (χ0) is 17.9. The SMILES string of the molecule is O=S1(=O)NCCC[C@@H](CO)Nc2nc(ncc2Br)Nc2cccc1c2. The Morgan fingerprint density at radius 2 is 2.20 bits per heavy atom. The van der Waals surface area contributed by atoms with E-state index in [1.807, 2.05) is 0 Å². The number of rotatable bonds is 1. The summed E-state index contributed by atoms with van der Waals surface area (Å²) < 4.78 is 28.0. The largest absolute Gasteiger partial charge is 0.394 e. The van der Waals surface area contributed by atoms with Gasteiger partial charge in [0, 0.05) is 18.4 Å². The van der Waals surface area contributed by atoms with Crippen LogP contribution in [0.1, 0.15) is 12.8 Å². The first kappa shape index (κ1) is 18.1. The van der Waals surface area contributed by atoms with Gasteiger partial charge in [-0.2, -0.15) is 4.98 Å². The molecule has 3 rings (SSSR count). The van der Waals surface area contributed by atoms with Gasteiger partial charge in [-0.3, -0.25) is 0 Å². The highest BCUT2D eigenvalue weighted by Crippen LogP contribution is 2.24. The standard InChI is InChI=1S/C15H18BrN5O3S/c16-13-8-17-15-20-10-3-1-5-12(7-10)25(23,24)18-6-2-4-11(9-22)19-14(13)21-15/h1,3,5,7-8,11,18,22H,2,4,6,9H2,(H2,17,19,20,21)/t11-/m0/s1. The topological polar surface area (TPSA) is 116 Å². The number of anilines is 3. The van der Waals surface area contributed by atoms with Crippen LogP contribution in [0.2, 0.25) is 0 Å². The summed E-state index contributed by atoms with van der Waals surface area (Å²) in [5.74, 6) is 0.882. The number of nitrogens with one attached hydrogen (secondary N) is 3. The van der Waals surface area contributed by atoms with E-state index in [4.69, 9.17) is 0 Å². The quantitative estimate of drug-likeness (QED) is 0.548. The van der Waals surface area contributed by atoms with Crippen molar-refractivity contribution in [3.8, 4) is 0 Å². The Kier molecular flexibility index (Phi) is 5.52. The van der Waals surface area contributed by atoms with Crippen LogP contribution in [0, 0.1) is 0 Å². The molecule has 0 fully saturated rings. The van der Waals surface area contributed by atoms with Crippen LogP contribution >= 0.6 is 15.9 Å². The molecule has 1 aromatic carbocycles. The number of fused-ring (bicyclic) bond motifs is 4. The molecule has 0 amide bonds. The normalized spacial score (nSPS) is 20.0. The molecule has 1 atom stereocenters. The minimum Gasteiger partial charge on any atom is -0.394 e. The van der Waals surface area contributed by atoms with E-state index in [0.29, 0.717) is 34.8 Å². The van der Waals surface area contributed by atoms with Crippen molar-refractivity contribution in [2.75, 3.05) is 23.8 Å². The van der Waals surface area contributed by atoms with Gasteiger partial charge in [-0.25, -0.2) is 18.1 Å². The monoisotopic (exact) mass is 427 g/mol. The van der Waals surface area contributed by atoms with Crippen molar-refractivity contribution < 1.29 is 13.5 Å². The molecular formula is C15H18BrN5O3S. The Morgan fingerprint density at radius 1 is 1.36 bits per heavy atom. The summed E-state index contributed by atoms with van der Waals surface area (Å²) in [6, 6.07) is 6.21. The Morgan fingerprint density at radius 3 is 3.00 bits per heavy atom. The summed E-state index contributed by atoms with van der Waals surface area (Å²) in [5, 5.41) is 15.7. The Balaban J connectivity index is 2.00. The van der Waals surface area contributed by atoms with Gasteiger partial charge in [0.25, 0.3) is 0 Å². The maximum atomic E-state index is 12.4. The predicted octanol–water partition coefficient (Wildman–Crippen LogP) is 1.83. The molecule has 0 saturated carbocycles. The molecule has 0 unspecified atom stereocenters. The zero-order valence-corrected chi connectivity index (χ0v) is 15.6. The molecule has 134 valence electrons. The van der Waals surface area contributed by atoms with E-state index in [1.165, 1.54) is 12.1 Å². The average Bonchev–Trinajstić information content (AvgIpc) is 2.60. The molecule has 25 heavy (non-hydrogen) atoms. The maximum Gasteiger partial charge on any atom is 0.240 e. The number of aliphatic hydroxyl groups excluding tert-OH is 1. The molecule has 0 spiro atoms. The van der Waals surface area contributed by atoms with Gasteiger partial charge in [-0.15, -0.1) is 0 Å². The van der Waals surface area contributed by atoms with E-state index in [0.717, 1.165) is 0 Å². The Bertz CT molecular complexity index is 862. The minimum absolute atomic E-state index is 0.0923. The molecular weight excluding hydrogens is 410 g/mol. The number of aliphatic hydroxyl groups is 1. The minimum atomic E-state index is -3.59. The number of sulfonamides is 1. The second-order valence-electron chi connectivity index (χ2n) is 5.61. The molecule has 0 saturated heterocycles. The van der Waals surface area contributed by atoms with Crippen molar-refractivity contribution in [1.29, 1.82) is 0 Å². The number of benzene rings is 1. The lowest BCUT2D eigenvalue weighted by atomic mass is 10.1.